The minimum absolute atomic E-state index is 0.0546. The number of allylic oxidation sites excluding steroid dienone is 1. The molecule has 2 aliphatic heterocycles. The molecule has 11 heteroatoms. The Hall–Kier alpha value is -3.89. The Morgan fingerprint density at radius 1 is 1.04 bits per heavy atom. The van der Waals surface area contributed by atoms with Gasteiger partial charge in [-0.1, -0.05) is 74.3 Å². The third kappa shape index (κ3) is 7.86. The monoisotopic (exact) mass is 622 g/mol. The SMILES string of the molecule is CC(C)/C(=N\O[C@@H]1C[C@H]2C(=O)N[C@]3(C(=O)O)CC3/C=C\CCCCC[C@H](NC(=O)OC3CCCC3)C(=O)N2C1)c1ccccc1. The van der Waals surface area contributed by atoms with Crippen LogP contribution in [0.25, 0.3) is 0 Å². The lowest BCUT2D eigenvalue weighted by molar-refractivity contribution is -0.145. The number of nitrogens with one attached hydrogen (secondary N) is 2. The van der Waals surface area contributed by atoms with Crippen molar-refractivity contribution in [1.29, 1.82) is 0 Å². The highest BCUT2D eigenvalue weighted by molar-refractivity contribution is 6.01. The van der Waals surface area contributed by atoms with Crippen LogP contribution in [0.5, 0.6) is 0 Å². The maximum absolute atomic E-state index is 14.2. The number of carboxylic acids is 1. The van der Waals surface area contributed by atoms with E-state index in [1.54, 1.807) is 0 Å². The second-order valence-electron chi connectivity index (χ2n) is 13.1. The number of oxime groups is 1. The topological polar surface area (TPSA) is 147 Å². The molecule has 5 rings (SSSR count). The van der Waals surface area contributed by atoms with E-state index in [0.29, 0.717) is 19.3 Å². The summed E-state index contributed by atoms with van der Waals surface area (Å²) in [5.41, 5.74) is 0.248. The van der Waals surface area contributed by atoms with Crippen molar-refractivity contribution >= 4 is 29.6 Å². The lowest BCUT2D eigenvalue weighted by atomic mass is 10.0. The molecule has 3 N–H and O–H groups in total. The van der Waals surface area contributed by atoms with Crippen LogP contribution in [0.15, 0.2) is 47.6 Å². The van der Waals surface area contributed by atoms with E-state index >= 15 is 0 Å². The van der Waals surface area contributed by atoms with Crippen LogP contribution in [0, 0.1) is 11.8 Å². The van der Waals surface area contributed by atoms with Crippen molar-refractivity contribution in [3.05, 3.63) is 48.0 Å². The largest absolute Gasteiger partial charge is 0.479 e. The molecule has 0 bridgehead atoms. The Balaban J connectivity index is 1.39. The van der Waals surface area contributed by atoms with Crippen molar-refractivity contribution in [3.63, 3.8) is 0 Å². The molecule has 1 aromatic rings. The highest BCUT2D eigenvalue weighted by atomic mass is 16.6. The second-order valence-corrected chi connectivity index (χ2v) is 13.1. The average Bonchev–Trinajstić information content (AvgIpc) is 3.31. The molecule has 244 valence electrons. The number of carboxylic acid groups (broad SMARTS) is 1. The molecule has 5 atom stereocenters. The number of aliphatic carboxylic acids is 1. The Labute approximate surface area is 264 Å². The summed E-state index contributed by atoms with van der Waals surface area (Å²) in [6.45, 7) is 4.09. The molecule has 2 heterocycles. The van der Waals surface area contributed by atoms with Crippen molar-refractivity contribution in [2.24, 2.45) is 17.0 Å². The van der Waals surface area contributed by atoms with Crippen LogP contribution in [0.4, 0.5) is 4.79 Å². The quantitative estimate of drug-likeness (QED) is 0.230. The van der Waals surface area contributed by atoms with E-state index < -0.39 is 47.6 Å². The summed E-state index contributed by atoms with van der Waals surface area (Å²) >= 11 is 0. The summed E-state index contributed by atoms with van der Waals surface area (Å²) in [6, 6.07) is 7.79. The maximum Gasteiger partial charge on any atom is 0.408 e. The Morgan fingerprint density at radius 3 is 2.49 bits per heavy atom. The first-order valence-corrected chi connectivity index (χ1v) is 16.5. The summed E-state index contributed by atoms with van der Waals surface area (Å²) in [6.07, 6.45) is 10.1. The lowest BCUT2D eigenvalue weighted by Crippen LogP contribution is -2.56. The van der Waals surface area contributed by atoms with Crippen LogP contribution in [0.1, 0.15) is 90.0 Å². The number of nitrogens with zero attached hydrogens (tertiary/aromatic N) is 2. The second kappa shape index (κ2) is 14.5. The zero-order valence-corrected chi connectivity index (χ0v) is 26.3. The number of ether oxygens (including phenoxy) is 1. The summed E-state index contributed by atoms with van der Waals surface area (Å²) in [5.74, 6) is -2.32. The summed E-state index contributed by atoms with van der Waals surface area (Å²) < 4.78 is 5.61. The number of carbonyl (C=O) groups excluding carboxylic acids is 3. The number of fused-ring (bicyclic) bond motifs is 2. The van der Waals surface area contributed by atoms with Crippen molar-refractivity contribution in [1.82, 2.24) is 15.5 Å². The van der Waals surface area contributed by atoms with Gasteiger partial charge in [-0.15, -0.1) is 0 Å². The van der Waals surface area contributed by atoms with Gasteiger partial charge in [0.25, 0.3) is 0 Å². The Bertz CT molecular complexity index is 1290. The van der Waals surface area contributed by atoms with E-state index in [2.05, 4.69) is 15.8 Å². The van der Waals surface area contributed by atoms with E-state index in [-0.39, 0.29) is 30.9 Å². The number of rotatable bonds is 7. The summed E-state index contributed by atoms with van der Waals surface area (Å²) in [7, 11) is 0. The van der Waals surface area contributed by atoms with Crippen LogP contribution >= 0.6 is 0 Å². The fraction of sp³-hybridized carbons (Fsp3) is 0.618. The summed E-state index contributed by atoms with van der Waals surface area (Å²) in [5, 5.41) is 20.1. The first-order valence-electron chi connectivity index (χ1n) is 16.5. The molecule has 45 heavy (non-hydrogen) atoms. The maximum atomic E-state index is 14.2. The van der Waals surface area contributed by atoms with Gasteiger partial charge in [-0.05, 0) is 62.8 Å². The van der Waals surface area contributed by atoms with Gasteiger partial charge in [0.15, 0.2) is 0 Å². The third-order valence-corrected chi connectivity index (χ3v) is 9.41. The molecule has 11 nitrogen and oxygen atoms in total. The highest BCUT2D eigenvalue weighted by Crippen LogP contribution is 2.45. The molecule has 1 unspecified atom stereocenters. The number of hydrogen-bond acceptors (Lipinski definition) is 7. The van der Waals surface area contributed by atoms with Gasteiger partial charge < -0.3 is 30.2 Å². The summed E-state index contributed by atoms with van der Waals surface area (Å²) in [4.78, 5) is 60.6. The van der Waals surface area contributed by atoms with E-state index in [1.165, 1.54) is 4.90 Å². The highest BCUT2D eigenvalue weighted by Gasteiger charge is 2.61. The van der Waals surface area contributed by atoms with E-state index in [4.69, 9.17) is 9.57 Å². The molecule has 3 fully saturated rings. The minimum atomic E-state index is -1.40. The molecular formula is C34H46N4O7. The van der Waals surface area contributed by atoms with E-state index in [9.17, 15) is 24.3 Å². The Morgan fingerprint density at radius 2 is 1.78 bits per heavy atom. The first kappa shape index (κ1) is 32.5. The number of amides is 3. The smallest absolute Gasteiger partial charge is 0.408 e. The normalized spacial score (nSPS) is 30.4. The van der Waals surface area contributed by atoms with Gasteiger partial charge in [0.2, 0.25) is 11.8 Å². The lowest BCUT2D eigenvalue weighted by Gasteiger charge is -2.29. The molecule has 0 aromatic heterocycles. The molecule has 4 aliphatic rings. The van der Waals surface area contributed by atoms with Crippen LogP contribution in [0.3, 0.4) is 0 Å². The van der Waals surface area contributed by atoms with Gasteiger partial charge in [0.1, 0.15) is 29.8 Å². The van der Waals surface area contributed by atoms with Crippen molar-refractivity contribution < 1.29 is 33.9 Å². The number of benzene rings is 1. The van der Waals surface area contributed by atoms with Gasteiger partial charge in [-0.25, -0.2) is 9.59 Å². The third-order valence-electron chi connectivity index (χ3n) is 9.41. The van der Waals surface area contributed by atoms with E-state index in [0.717, 1.165) is 56.2 Å². The molecule has 2 aliphatic carbocycles. The molecule has 0 radical (unpaired) electrons. The predicted octanol–water partition coefficient (Wildman–Crippen LogP) is 4.55. The number of carbonyl (C=O) groups is 4. The predicted molar refractivity (Wildman–Crippen MR) is 167 cm³/mol. The van der Waals surface area contributed by atoms with Crippen molar-refractivity contribution in [3.8, 4) is 0 Å². The molecule has 3 amide bonds. The van der Waals surface area contributed by atoms with Crippen LogP contribution in [-0.4, -0.2) is 76.0 Å². The molecule has 1 saturated heterocycles. The van der Waals surface area contributed by atoms with Gasteiger partial charge in [0, 0.05) is 12.3 Å². The minimum Gasteiger partial charge on any atom is -0.479 e. The first-order chi connectivity index (χ1) is 21.7. The van der Waals surface area contributed by atoms with E-state index in [1.807, 2.05) is 56.3 Å². The average molecular weight is 623 g/mol. The fourth-order valence-electron chi connectivity index (χ4n) is 6.70. The van der Waals surface area contributed by atoms with Crippen molar-refractivity contribution in [2.45, 2.75) is 114 Å². The van der Waals surface area contributed by atoms with Crippen LogP contribution in [0.2, 0.25) is 0 Å². The number of hydrogen-bond donors (Lipinski definition) is 3. The van der Waals surface area contributed by atoms with Crippen LogP contribution in [-0.2, 0) is 24.0 Å². The Kier molecular flexibility index (Phi) is 10.5. The molecular weight excluding hydrogens is 576 g/mol. The molecule has 2 saturated carbocycles. The standard InChI is InChI=1S/C34H46N4O7/c1-22(2)29(23-13-7-6-8-14-23)37-45-26-19-28-30(39)36-34(32(41)42)20-24(34)15-9-4-3-5-10-18-27(31(40)38(28)21-26)35-33(43)44-25-16-11-12-17-25/h6-9,13-15,22,24-28H,3-5,10-12,16-21H2,1-2H3,(H,35,43)(H,36,39)(H,41,42)/b15-9-,37-29+/t24?,26-,27+,28+,34-/m1/s1. The molecule has 1 aromatic carbocycles. The zero-order chi connectivity index (χ0) is 32.0. The van der Waals surface area contributed by atoms with Gasteiger partial charge in [-0.3, -0.25) is 9.59 Å². The van der Waals surface area contributed by atoms with Crippen molar-refractivity contribution in [2.75, 3.05) is 6.54 Å². The van der Waals surface area contributed by atoms with Gasteiger partial charge in [-0.2, -0.15) is 0 Å². The van der Waals surface area contributed by atoms with Gasteiger partial charge in [0.05, 0.1) is 12.3 Å². The number of alkyl carbamates (subject to hydrolysis) is 1. The zero-order valence-electron chi connectivity index (χ0n) is 26.3. The van der Waals surface area contributed by atoms with Gasteiger partial charge >= 0.3 is 12.1 Å². The van der Waals surface area contributed by atoms with Crippen LogP contribution < -0.4 is 10.6 Å². The molecule has 0 spiro atoms. The fourth-order valence-corrected chi connectivity index (χ4v) is 6.70.